The monoisotopic (exact) mass is 378 g/mol. The molecule has 28 heavy (non-hydrogen) atoms. The number of nitrogens with one attached hydrogen (secondary N) is 2. The van der Waals surface area contributed by atoms with Crippen LogP contribution in [0.4, 0.5) is 11.6 Å². The summed E-state index contributed by atoms with van der Waals surface area (Å²) in [5, 5.41) is 6.13. The zero-order valence-corrected chi connectivity index (χ0v) is 16.1. The van der Waals surface area contributed by atoms with E-state index in [1.54, 1.807) is 0 Å². The number of carbonyl (C=O) groups excluding carboxylic acids is 2. The van der Waals surface area contributed by atoms with Gasteiger partial charge in [0, 0.05) is 19.5 Å². The lowest BCUT2D eigenvalue weighted by molar-refractivity contribution is -0.115. The fraction of sp³-hybridized carbons (Fsp3) is 0.238. The van der Waals surface area contributed by atoms with E-state index in [-0.39, 0.29) is 17.8 Å². The highest BCUT2D eigenvalue weighted by atomic mass is 16.5. The summed E-state index contributed by atoms with van der Waals surface area (Å²) in [5.74, 6) is 0.311. The summed E-state index contributed by atoms with van der Waals surface area (Å²) >= 11 is 0. The van der Waals surface area contributed by atoms with Crippen molar-refractivity contribution < 1.29 is 14.3 Å². The van der Waals surface area contributed by atoms with Crippen LogP contribution in [0.1, 0.15) is 27.2 Å². The minimum Gasteiger partial charge on any atom is -0.477 e. The quantitative estimate of drug-likeness (QED) is 0.676. The number of anilines is 2. The molecule has 2 N–H and O–H groups in total. The standard InChI is InChI=1S/C21H22N4O3/c1-4-11-28-20-18-12-16(15-5-8-17(9-6-15)22-13(2)26)7-10-19(18)24-21(25-20)23-14(3)27/h5-10,12H,4,11H2,1-3H3,(H,22,26)(H,23,24,25,27). The zero-order chi connectivity index (χ0) is 20.1. The summed E-state index contributed by atoms with van der Waals surface area (Å²) in [6.07, 6.45) is 0.839. The van der Waals surface area contributed by atoms with E-state index in [0.29, 0.717) is 18.0 Å². The van der Waals surface area contributed by atoms with E-state index in [0.717, 1.165) is 28.6 Å². The van der Waals surface area contributed by atoms with Crippen molar-refractivity contribution in [2.45, 2.75) is 27.2 Å². The van der Waals surface area contributed by atoms with Gasteiger partial charge in [0.15, 0.2) is 0 Å². The van der Waals surface area contributed by atoms with Gasteiger partial charge in [-0.1, -0.05) is 25.1 Å². The first-order chi connectivity index (χ1) is 13.5. The third kappa shape index (κ3) is 4.62. The van der Waals surface area contributed by atoms with Crippen LogP contribution in [0.3, 0.4) is 0 Å². The van der Waals surface area contributed by atoms with Gasteiger partial charge in [-0.2, -0.15) is 4.98 Å². The first-order valence-electron chi connectivity index (χ1n) is 9.06. The zero-order valence-electron chi connectivity index (χ0n) is 16.1. The van der Waals surface area contributed by atoms with Gasteiger partial charge in [0.05, 0.1) is 17.5 Å². The van der Waals surface area contributed by atoms with Crippen molar-refractivity contribution in [3.63, 3.8) is 0 Å². The van der Waals surface area contributed by atoms with Crippen LogP contribution in [0.2, 0.25) is 0 Å². The van der Waals surface area contributed by atoms with Gasteiger partial charge in [0.2, 0.25) is 23.6 Å². The van der Waals surface area contributed by atoms with Crippen molar-refractivity contribution in [2.24, 2.45) is 0 Å². The Kier molecular flexibility index (Phi) is 5.84. The van der Waals surface area contributed by atoms with E-state index in [4.69, 9.17) is 4.74 Å². The Balaban J connectivity index is 2.01. The summed E-state index contributed by atoms with van der Waals surface area (Å²) in [5.41, 5.74) is 3.39. The number of hydrogen-bond acceptors (Lipinski definition) is 5. The van der Waals surface area contributed by atoms with Crippen LogP contribution in [-0.2, 0) is 9.59 Å². The van der Waals surface area contributed by atoms with Crippen molar-refractivity contribution >= 4 is 34.4 Å². The Labute approximate surface area is 163 Å². The van der Waals surface area contributed by atoms with Crippen molar-refractivity contribution in [1.82, 2.24) is 9.97 Å². The highest BCUT2D eigenvalue weighted by Crippen LogP contribution is 2.30. The molecule has 0 aliphatic heterocycles. The molecule has 0 bridgehead atoms. The molecular formula is C21H22N4O3. The van der Waals surface area contributed by atoms with Crippen molar-refractivity contribution in [2.75, 3.05) is 17.2 Å². The van der Waals surface area contributed by atoms with Gasteiger partial charge < -0.3 is 10.1 Å². The van der Waals surface area contributed by atoms with Gasteiger partial charge in [-0.15, -0.1) is 0 Å². The SMILES string of the molecule is CCCOc1nc(NC(C)=O)nc2ccc(-c3ccc(NC(C)=O)cc3)cc12. The average molecular weight is 378 g/mol. The largest absolute Gasteiger partial charge is 0.477 e. The lowest BCUT2D eigenvalue weighted by Gasteiger charge is -2.11. The number of benzene rings is 2. The van der Waals surface area contributed by atoms with Gasteiger partial charge in [0.1, 0.15) is 0 Å². The molecule has 2 aromatic carbocycles. The number of rotatable bonds is 6. The van der Waals surface area contributed by atoms with Crippen LogP contribution in [-0.4, -0.2) is 28.4 Å². The maximum atomic E-state index is 11.3. The van der Waals surface area contributed by atoms with Crippen LogP contribution in [0.5, 0.6) is 5.88 Å². The Morgan fingerprint density at radius 3 is 2.25 bits per heavy atom. The molecule has 3 aromatic rings. The van der Waals surface area contributed by atoms with Gasteiger partial charge in [-0.05, 0) is 41.8 Å². The lowest BCUT2D eigenvalue weighted by Crippen LogP contribution is -2.10. The lowest BCUT2D eigenvalue weighted by atomic mass is 10.0. The molecule has 7 nitrogen and oxygen atoms in total. The maximum absolute atomic E-state index is 11.3. The van der Waals surface area contributed by atoms with Crippen molar-refractivity contribution in [3.8, 4) is 17.0 Å². The molecule has 0 fully saturated rings. The smallest absolute Gasteiger partial charge is 0.233 e. The molecule has 0 aliphatic rings. The molecule has 1 aromatic heterocycles. The fourth-order valence-electron chi connectivity index (χ4n) is 2.75. The average Bonchev–Trinajstić information content (AvgIpc) is 2.65. The highest BCUT2D eigenvalue weighted by Gasteiger charge is 2.12. The minimum absolute atomic E-state index is 0.108. The highest BCUT2D eigenvalue weighted by molar-refractivity contribution is 5.92. The summed E-state index contributed by atoms with van der Waals surface area (Å²) in [6.45, 7) is 5.42. The molecule has 0 aliphatic carbocycles. The number of nitrogens with zero attached hydrogens (tertiary/aromatic N) is 2. The van der Waals surface area contributed by atoms with Crippen molar-refractivity contribution in [1.29, 1.82) is 0 Å². The summed E-state index contributed by atoms with van der Waals surface area (Å²) in [4.78, 5) is 31.3. The molecule has 2 amide bonds. The third-order valence-corrected chi connectivity index (χ3v) is 3.93. The molecule has 0 unspecified atom stereocenters. The predicted molar refractivity (Wildman–Crippen MR) is 109 cm³/mol. The van der Waals surface area contributed by atoms with E-state index in [1.165, 1.54) is 13.8 Å². The van der Waals surface area contributed by atoms with Gasteiger partial charge in [-0.25, -0.2) is 4.98 Å². The minimum atomic E-state index is -0.239. The number of ether oxygens (including phenoxy) is 1. The van der Waals surface area contributed by atoms with E-state index >= 15 is 0 Å². The second-order valence-corrected chi connectivity index (χ2v) is 6.37. The van der Waals surface area contributed by atoms with Gasteiger partial charge in [0.25, 0.3) is 0 Å². The number of carbonyl (C=O) groups is 2. The first kappa shape index (κ1) is 19.3. The number of hydrogen-bond donors (Lipinski definition) is 2. The van der Waals surface area contributed by atoms with Crippen LogP contribution >= 0.6 is 0 Å². The Bertz CT molecular complexity index is 1020. The van der Waals surface area contributed by atoms with Crippen LogP contribution in [0, 0.1) is 0 Å². The van der Waals surface area contributed by atoms with Crippen LogP contribution < -0.4 is 15.4 Å². The topological polar surface area (TPSA) is 93.2 Å². The Hall–Kier alpha value is -3.48. The first-order valence-corrected chi connectivity index (χ1v) is 9.06. The molecular weight excluding hydrogens is 356 g/mol. The molecule has 1 heterocycles. The molecule has 144 valence electrons. The molecule has 0 atom stereocenters. The maximum Gasteiger partial charge on any atom is 0.233 e. The fourth-order valence-corrected chi connectivity index (χ4v) is 2.75. The van der Waals surface area contributed by atoms with Crippen LogP contribution in [0.15, 0.2) is 42.5 Å². The van der Waals surface area contributed by atoms with E-state index in [9.17, 15) is 9.59 Å². The molecule has 7 heteroatoms. The Morgan fingerprint density at radius 2 is 1.61 bits per heavy atom. The van der Waals surface area contributed by atoms with Gasteiger partial charge >= 0.3 is 0 Å². The molecule has 3 rings (SSSR count). The normalized spacial score (nSPS) is 10.5. The van der Waals surface area contributed by atoms with Crippen LogP contribution in [0.25, 0.3) is 22.0 Å². The molecule has 0 saturated carbocycles. The number of aromatic nitrogens is 2. The number of amides is 2. The second-order valence-electron chi connectivity index (χ2n) is 6.37. The summed E-state index contributed by atoms with van der Waals surface area (Å²) < 4.78 is 5.79. The van der Waals surface area contributed by atoms with Crippen molar-refractivity contribution in [3.05, 3.63) is 42.5 Å². The van der Waals surface area contributed by atoms with Gasteiger partial charge in [-0.3, -0.25) is 14.9 Å². The number of fused-ring (bicyclic) bond motifs is 1. The molecule has 0 radical (unpaired) electrons. The van der Waals surface area contributed by atoms with E-state index in [1.807, 2.05) is 49.4 Å². The third-order valence-electron chi connectivity index (χ3n) is 3.93. The second kappa shape index (κ2) is 8.47. The van der Waals surface area contributed by atoms with E-state index in [2.05, 4.69) is 20.6 Å². The summed E-state index contributed by atoms with van der Waals surface area (Å²) in [6, 6.07) is 13.4. The Morgan fingerprint density at radius 1 is 0.929 bits per heavy atom. The van der Waals surface area contributed by atoms with E-state index < -0.39 is 0 Å². The molecule has 0 spiro atoms. The predicted octanol–water partition coefficient (Wildman–Crippen LogP) is 4.00. The summed E-state index contributed by atoms with van der Waals surface area (Å²) in [7, 11) is 0. The molecule has 0 saturated heterocycles.